The molecular formula is C28H36N2O6. The zero-order valence-corrected chi connectivity index (χ0v) is 20.6. The van der Waals surface area contributed by atoms with E-state index in [0.717, 1.165) is 48.2 Å². The number of aliphatic hydroxyl groups excluding tert-OH is 2. The topological polar surface area (TPSA) is 100 Å². The highest BCUT2D eigenvalue weighted by Crippen LogP contribution is 2.38. The van der Waals surface area contributed by atoms with Crippen molar-refractivity contribution in [1.29, 1.82) is 0 Å². The van der Waals surface area contributed by atoms with Gasteiger partial charge in [-0.1, -0.05) is 61.2 Å². The molecule has 2 aromatic rings. The Kier molecular flexibility index (Phi) is 9.49. The first-order valence-electron chi connectivity index (χ1n) is 12.6. The smallest absolute Gasteiger partial charge is 0.407 e. The summed E-state index contributed by atoms with van der Waals surface area (Å²) < 4.78 is 17.8. The average Bonchev–Trinajstić information content (AvgIpc) is 3.37. The number of benzene rings is 2. The first-order valence-corrected chi connectivity index (χ1v) is 12.6. The highest BCUT2D eigenvalue weighted by molar-refractivity contribution is 5.67. The Bertz CT molecular complexity index is 981. The summed E-state index contributed by atoms with van der Waals surface area (Å²) in [7, 11) is 0. The van der Waals surface area contributed by atoms with Crippen molar-refractivity contribution in [2.45, 2.75) is 57.0 Å². The summed E-state index contributed by atoms with van der Waals surface area (Å²) in [5.74, 6) is 0. The molecule has 2 saturated heterocycles. The number of nitrogens with zero attached hydrogens (tertiary/aromatic N) is 1. The Morgan fingerprint density at radius 3 is 2.50 bits per heavy atom. The lowest BCUT2D eigenvalue weighted by atomic mass is 9.99. The summed E-state index contributed by atoms with van der Waals surface area (Å²) in [6.07, 6.45) is 3.08. The third-order valence-electron chi connectivity index (χ3n) is 6.78. The van der Waals surface area contributed by atoms with Crippen LogP contribution < -0.4 is 5.32 Å². The van der Waals surface area contributed by atoms with Gasteiger partial charge in [0, 0.05) is 31.1 Å². The van der Waals surface area contributed by atoms with Crippen molar-refractivity contribution in [2.75, 3.05) is 26.3 Å². The Balaban J connectivity index is 1.45. The van der Waals surface area contributed by atoms with Crippen LogP contribution in [-0.4, -0.2) is 59.7 Å². The van der Waals surface area contributed by atoms with Gasteiger partial charge in [-0.2, -0.15) is 0 Å². The van der Waals surface area contributed by atoms with Gasteiger partial charge in [0.25, 0.3) is 0 Å². The van der Waals surface area contributed by atoms with Crippen LogP contribution in [0.15, 0.2) is 61.2 Å². The van der Waals surface area contributed by atoms with Gasteiger partial charge in [-0.05, 0) is 36.1 Å². The van der Waals surface area contributed by atoms with Gasteiger partial charge in [0.15, 0.2) is 6.29 Å². The number of nitrogens with one attached hydrogen (secondary N) is 1. The molecule has 3 N–H and O–H groups in total. The second kappa shape index (κ2) is 13.0. The van der Waals surface area contributed by atoms with E-state index in [1.165, 1.54) is 6.08 Å². The molecule has 36 heavy (non-hydrogen) atoms. The molecule has 0 aliphatic carbocycles. The molecular weight excluding hydrogens is 460 g/mol. The molecule has 8 nitrogen and oxygen atoms in total. The van der Waals surface area contributed by atoms with Crippen LogP contribution >= 0.6 is 0 Å². The fraction of sp³-hybridized carbons (Fsp3) is 0.464. The van der Waals surface area contributed by atoms with Gasteiger partial charge >= 0.3 is 6.09 Å². The number of carbonyl (C=O) groups is 1. The van der Waals surface area contributed by atoms with E-state index in [1.807, 2.05) is 48.5 Å². The Labute approximate surface area is 212 Å². The molecule has 1 amide bonds. The summed E-state index contributed by atoms with van der Waals surface area (Å²) in [6, 6.07) is 15.8. The largest absolute Gasteiger partial charge is 0.445 e. The molecule has 0 unspecified atom stereocenters. The quantitative estimate of drug-likeness (QED) is 0.432. The standard InChI is InChI=1S/C28H36N2O6/c1-2-14-34-28(33)29-16-20-5-11-23(12-6-20)27-35-25(17-30-13-3-4-24(30)19-32)15-26(36-27)22-9-7-21(18-31)8-10-22/h2,5-12,24-27,31-32H,1,3-4,13-19H2,(H,29,33)/t24-,25+,26-,27-/m0/s1. The summed E-state index contributed by atoms with van der Waals surface area (Å²) in [6.45, 7) is 5.92. The molecule has 194 valence electrons. The van der Waals surface area contributed by atoms with Crippen molar-refractivity contribution in [3.8, 4) is 0 Å². The first kappa shape index (κ1) is 26.3. The van der Waals surface area contributed by atoms with Crippen molar-refractivity contribution in [3.63, 3.8) is 0 Å². The van der Waals surface area contributed by atoms with Crippen molar-refractivity contribution >= 4 is 6.09 Å². The molecule has 2 aliphatic rings. The van der Waals surface area contributed by atoms with E-state index in [2.05, 4.69) is 16.8 Å². The van der Waals surface area contributed by atoms with Crippen LogP contribution in [0, 0.1) is 0 Å². The van der Waals surface area contributed by atoms with Gasteiger partial charge in [0.2, 0.25) is 0 Å². The molecule has 0 aromatic heterocycles. The zero-order chi connectivity index (χ0) is 25.3. The fourth-order valence-electron chi connectivity index (χ4n) is 4.79. The second-order valence-corrected chi connectivity index (χ2v) is 9.31. The number of rotatable bonds is 10. The molecule has 4 atom stereocenters. The Morgan fingerprint density at radius 2 is 1.81 bits per heavy atom. The van der Waals surface area contributed by atoms with Crippen molar-refractivity contribution in [1.82, 2.24) is 10.2 Å². The number of hydrogen-bond acceptors (Lipinski definition) is 7. The van der Waals surface area contributed by atoms with Crippen LogP contribution in [0.4, 0.5) is 4.79 Å². The first-order chi connectivity index (χ1) is 17.6. The lowest BCUT2D eigenvalue weighted by Crippen LogP contribution is -2.42. The van der Waals surface area contributed by atoms with E-state index in [9.17, 15) is 15.0 Å². The van der Waals surface area contributed by atoms with E-state index in [4.69, 9.17) is 14.2 Å². The maximum Gasteiger partial charge on any atom is 0.407 e. The van der Waals surface area contributed by atoms with Crippen LogP contribution in [0.3, 0.4) is 0 Å². The van der Waals surface area contributed by atoms with E-state index in [1.54, 1.807) is 0 Å². The molecule has 0 bridgehead atoms. The molecule has 2 aliphatic heterocycles. The molecule has 2 fully saturated rings. The van der Waals surface area contributed by atoms with E-state index >= 15 is 0 Å². The lowest BCUT2D eigenvalue weighted by molar-refractivity contribution is -0.253. The number of likely N-dealkylation sites (tertiary alicyclic amines) is 1. The third-order valence-corrected chi connectivity index (χ3v) is 6.78. The zero-order valence-electron chi connectivity index (χ0n) is 20.6. The molecule has 0 radical (unpaired) electrons. The number of amides is 1. The normalized spacial score (nSPS) is 24.4. The van der Waals surface area contributed by atoms with E-state index in [0.29, 0.717) is 13.0 Å². The van der Waals surface area contributed by atoms with Crippen LogP contribution in [0.5, 0.6) is 0 Å². The number of alkyl carbamates (subject to hydrolysis) is 1. The lowest BCUT2D eigenvalue weighted by Gasteiger charge is -2.38. The van der Waals surface area contributed by atoms with Crippen LogP contribution in [0.25, 0.3) is 0 Å². The molecule has 0 saturated carbocycles. The highest BCUT2D eigenvalue weighted by atomic mass is 16.7. The van der Waals surface area contributed by atoms with Gasteiger partial charge in [-0.25, -0.2) is 4.79 Å². The summed E-state index contributed by atoms with van der Waals surface area (Å²) in [5, 5.41) is 21.9. The number of hydrogen-bond donors (Lipinski definition) is 3. The highest BCUT2D eigenvalue weighted by Gasteiger charge is 2.35. The maximum absolute atomic E-state index is 11.7. The fourth-order valence-corrected chi connectivity index (χ4v) is 4.79. The van der Waals surface area contributed by atoms with Crippen LogP contribution in [0.2, 0.25) is 0 Å². The molecule has 8 heteroatoms. The summed E-state index contributed by atoms with van der Waals surface area (Å²) in [5.41, 5.74) is 3.74. The predicted molar refractivity (Wildman–Crippen MR) is 135 cm³/mol. The summed E-state index contributed by atoms with van der Waals surface area (Å²) >= 11 is 0. The van der Waals surface area contributed by atoms with Crippen LogP contribution in [-0.2, 0) is 27.4 Å². The van der Waals surface area contributed by atoms with Gasteiger partial charge in [0.05, 0.1) is 25.4 Å². The number of aliphatic hydroxyl groups is 2. The molecule has 2 aromatic carbocycles. The van der Waals surface area contributed by atoms with Crippen molar-refractivity contribution < 1.29 is 29.2 Å². The second-order valence-electron chi connectivity index (χ2n) is 9.31. The van der Waals surface area contributed by atoms with Crippen molar-refractivity contribution in [2.24, 2.45) is 0 Å². The Hall–Kier alpha value is -2.75. The van der Waals surface area contributed by atoms with Crippen molar-refractivity contribution in [3.05, 3.63) is 83.4 Å². The van der Waals surface area contributed by atoms with Gasteiger partial charge in [0.1, 0.15) is 6.61 Å². The molecule has 0 spiro atoms. The minimum atomic E-state index is -0.541. The van der Waals surface area contributed by atoms with Crippen LogP contribution in [0.1, 0.15) is 53.9 Å². The van der Waals surface area contributed by atoms with Gasteiger partial charge in [-0.15, -0.1) is 0 Å². The SMILES string of the molecule is C=CCOC(=O)NCc1ccc([C@H]2O[C@@H](CN3CCC[C@H]3CO)C[C@@H](c3ccc(CO)cc3)O2)cc1. The predicted octanol–water partition coefficient (Wildman–Crippen LogP) is 3.59. The number of carbonyl (C=O) groups excluding carboxylic acids is 1. The van der Waals surface area contributed by atoms with Gasteiger partial charge in [-0.3, -0.25) is 4.90 Å². The minimum absolute atomic E-state index is 0.00482. The molecule has 2 heterocycles. The van der Waals surface area contributed by atoms with Gasteiger partial charge < -0.3 is 29.7 Å². The average molecular weight is 497 g/mol. The monoisotopic (exact) mass is 496 g/mol. The Morgan fingerprint density at radius 1 is 1.08 bits per heavy atom. The maximum atomic E-state index is 11.7. The minimum Gasteiger partial charge on any atom is -0.445 e. The van der Waals surface area contributed by atoms with E-state index < -0.39 is 12.4 Å². The third kappa shape index (κ3) is 6.93. The number of ether oxygens (including phenoxy) is 3. The summed E-state index contributed by atoms with van der Waals surface area (Å²) in [4.78, 5) is 14.0. The molecule has 4 rings (SSSR count). The van der Waals surface area contributed by atoms with E-state index in [-0.39, 0.29) is 38.1 Å².